The summed E-state index contributed by atoms with van der Waals surface area (Å²) in [6.07, 6.45) is 0.977. The molecule has 2 saturated heterocycles. The number of halogens is 1. The number of Topliss-reactive ketones (excluding diaryl/α,β-unsaturated/α-hetero) is 1. The van der Waals surface area contributed by atoms with Gasteiger partial charge in [0.2, 0.25) is 0 Å². The standard InChI is InChI=1S/C7H10FNO/c8-7-5-2-1-4(9-5)3-6(7)10/h4-5,7,9H,1-3H2. The van der Waals surface area contributed by atoms with Crippen molar-refractivity contribution in [1.82, 2.24) is 5.32 Å². The van der Waals surface area contributed by atoms with Crippen molar-refractivity contribution in [3.63, 3.8) is 0 Å². The first-order chi connectivity index (χ1) is 4.77. The number of carbonyl (C=O) groups is 1. The summed E-state index contributed by atoms with van der Waals surface area (Å²) in [5.74, 6) is -0.203. The zero-order chi connectivity index (χ0) is 7.14. The second-order valence-electron chi connectivity index (χ2n) is 3.12. The van der Waals surface area contributed by atoms with Crippen molar-refractivity contribution in [3.8, 4) is 0 Å². The van der Waals surface area contributed by atoms with E-state index >= 15 is 0 Å². The van der Waals surface area contributed by atoms with Crippen LogP contribution in [0.2, 0.25) is 0 Å². The van der Waals surface area contributed by atoms with Gasteiger partial charge in [-0.3, -0.25) is 4.79 Å². The molecule has 2 aliphatic heterocycles. The normalized spacial score (nSPS) is 46.1. The van der Waals surface area contributed by atoms with Crippen molar-refractivity contribution >= 4 is 5.78 Å². The van der Waals surface area contributed by atoms with E-state index in [0.29, 0.717) is 6.42 Å². The van der Waals surface area contributed by atoms with Gasteiger partial charge in [0, 0.05) is 18.5 Å². The van der Waals surface area contributed by atoms with E-state index in [0.717, 1.165) is 12.8 Å². The Labute approximate surface area is 58.8 Å². The maximum absolute atomic E-state index is 12.9. The minimum atomic E-state index is -1.22. The number of piperidine rings is 1. The van der Waals surface area contributed by atoms with Crippen molar-refractivity contribution in [3.05, 3.63) is 0 Å². The number of hydrogen-bond acceptors (Lipinski definition) is 2. The number of carbonyl (C=O) groups excluding carboxylic acids is 1. The summed E-state index contributed by atoms with van der Waals surface area (Å²) in [4.78, 5) is 10.8. The van der Waals surface area contributed by atoms with Crippen molar-refractivity contribution in [2.75, 3.05) is 0 Å². The van der Waals surface area contributed by atoms with Gasteiger partial charge in [-0.25, -0.2) is 4.39 Å². The number of rotatable bonds is 0. The molecule has 3 atom stereocenters. The average Bonchev–Trinajstić information content (AvgIpc) is 2.29. The summed E-state index contributed by atoms with van der Waals surface area (Å²) >= 11 is 0. The largest absolute Gasteiger partial charge is 0.308 e. The van der Waals surface area contributed by atoms with Crippen LogP contribution < -0.4 is 5.32 Å². The van der Waals surface area contributed by atoms with E-state index in [2.05, 4.69) is 5.32 Å². The van der Waals surface area contributed by atoms with Crippen LogP contribution in [0.3, 0.4) is 0 Å². The van der Waals surface area contributed by atoms with Gasteiger partial charge in [-0.05, 0) is 12.8 Å². The molecule has 0 aromatic rings. The van der Waals surface area contributed by atoms with Crippen molar-refractivity contribution < 1.29 is 9.18 Å². The van der Waals surface area contributed by atoms with Crippen molar-refractivity contribution in [2.24, 2.45) is 0 Å². The minimum absolute atomic E-state index is 0.161. The van der Waals surface area contributed by atoms with Gasteiger partial charge >= 0.3 is 0 Å². The predicted molar refractivity (Wildman–Crippen MR) is 34.5 cm³/mol. The fourth-order valence-corrected chi connectivity index (χ4v) is 1.82. The Morgan fingerprint density at radius 2 is 2.30 bits per heavy atom. The van der Waals surface area contributed by atoms with Crippen molar-refractivity contribution in [2.45, 2.75) is 37.5 Å². The zero-order valence-electron chi connectivity index (χ0n) is 5.64. The van der Waals surface area contributed by atoms with Crippen LogP contribution in [0.25, 0.3) is 0 Å². The van der Waals surface area contributed by atoms with E-state index < -0.39 is 6.17 Å². The SMILES string of the molecule is O=C1CC2CCC(N2)C1F. The molecule has 3 unspecified atom stereocenters. The number of ketones is 1. The maximum atomic E-state index is 12.9. The first-order valence-electron chi connectivity index (χ1n) is 3.70. The van der Waals surface area contributed by atoms with E-state index in [-0.39, 0.29) is 17.9 Å². The first kappa shape index (κ1) is 6.28. The zero-order valence-corrected chi connectivity index (χ0v) is 5.64. The molecule has 0 amide bonds. The summed E-state index contributed by atoms with van der Waals surface area (Å²) in [6, 6.07) is 0.121. The highest BCUT2D eigenvalue weighted by molar-refractivity contribution is 5.85. The molecule has 2 fully saturated rings. The number of alkyl halides is 1. The van der Waals surface area contributed by atoms with Crippen LogP contribution in [0.5, 0.6) is 0 Å². The van der Waals surface area contributed by atoms with Crippen molar-refractivity contribution in [1.29, 1.82) is 0 Å². The van der Waals surface area contributed by atoms with Gasteiger partial charge in [-0.15, -0.1) is 0 Å². The molecule has 56 valence electrons. The Morgan fingerprint density at radius 3 is 3.10 bits per heavy atom. The molecular weight excluding hydrogens is 133 g/mol. The third-order valence-corrected chi connectivity index (χ3v) is 2.38. The molecular formula is C7H10FNO. The topological polar surface area (TPSA) is 29.1 Å². The Morgan fingerprint density at radius 1 is 1.50 bits per heavy atom. The molecule has 2 rings (SSSR count). The minimum Gasteiger partial charge on any atom is -0.308 e. The highest BCUT2D eigenvalue weighted by atomic mass is 19.1. The predicted octanol–water partition coefficient (Wildman–Crippen LogP) is 0.418. The van der Waals surface area contributed by atoms with E-state index in [9.17, 15) is 9.18 Å². The van der Waals surface area contributed by atoms with Crippen LogP contribution in [0.1, 0.15) is 19.3 Å². The number of nitrogens with one attached hydrogen (secondary N) is 1. The fraction of sp³-hybridized carbons (Fsp3) is 0.857. The molecule has 2 heterocycles. The van der Waals surface area contributed by atoms with E-state index in [1.54, 1.807) is 0 Å². The molecule has 0 aromatic carbocycles. The second-order valence-corrected chi connectivity index (χ2v) is 3.12. The highest BCUT2D eigenvalue weighted by Gasteiger charge is 2.40. The quantitative estimate of drug-likeness (QED) is 0.532. The highest BCUT2D eigenvalue weighted by Crippen LogP contribution is 2.26. The smallest absolute Gasteiger partial charge is 0.173 e. The Balaban J connectivity index is 2.17. The van der Waals surface area contributed by atoms with Crippen LogP contribution in [0, 0.1) is 0 Å². The molecule has 2 bridgehead atoms. The third kappa shape index (κ3) is 0.770. The summed E-state index contributed by atoms with van der Waals surface area (Å²) < 4.78 is 12.9. The van der Waals surface area contributed by atoms with Gasteiger partial charge in [0.05, 0.1) is 0 Å². The van der Waals surface area contributed by atoms with Gasteiger partial charge in [0.1, 0.15) is 0 Å². The van der Waals surface area contributed by atoms with Gasteiger partial charge in [-0.1, -0.05) is 0 Å². The summed E-state index contributed by atoms with van der Waals surface area (Å²) in [5, 5.41) is 3.07. The van der Waals surface area contributed by atoms with Crippen LogP contribution in [0.15, 0.2) is 0 Å². The van der Waals surface area contributed by atoms with Crippen LogP contribution in [0.4, 0.5) is 4.39 Å². The van der Waals surface area contributed by atoms with E-state index in [1.807, 2.05) is 0 Å². The molecule has 2 aliphatic rings. The Kier molecular flexibility index (Phi) is 1.27. The lowest BCUT2D eigenvalue weighted by Crippen LogP contribution is -2.47. The third-order valence-electron chi connectivity index (χ3n) is 2.38. The van der Waals surface area contributed by atoms with Crippen LogP contribution in [-0.2, 0) is 4.79 Å². The molecule has 1 N–H and O–H groups in total. The Bertz CT molecular complexity index is 171. The lowest BCUT2D eigenvalue weighted by atomic mass is 10.0. The summed E-state index contributed by atoms with van der Waals surface area (Å²) in [7, 11) is 0. The van der Waals surface area contributed by atoms with Gasteiger partial charge in [0.25, 0.3) is 0 Å². The lowest BCUT2D eigenvalue weighted by molar-refractivity contribution is -0.126. The van der Waals surface area contributed by atoms with Gasteiger partial charge in [-0.2, -0.15) is 0 Å². The first-order valence-corrected chi connectivity index (χ1v) is 3.70. The summed E-state index contributed by atoms with van der Waals surface area (Å²) in [5.41, 5.74) is 0. The maximum Gasteiger partial charge on any atom is 0.173 e. The van der Waals surface area contributed by atoms with Crippen LogP contribution >= 0.6 is 0 Å². The molecule has 0 aromatic heterocycles. The average molecular weight is 143 g/mol. The molecule has 10 heavy (non-hydrogen) atoms. The molecule has 0 aliphatic carbocycles. The Hall–Kier alpha value is -0.440. The van der Waals surface area contributed by atoms with Gasteiger partial charge < -0.3 is 5.32 Å². The number of hydrogen-bond donors (Lipinski definition) is 1. The monoisotopic (exact) mass is 143 g/mol. The second kappa shape index (κ2) is 2.02. The fourth-order valence-electron chi connectivity index (χ4n) is 1.82. The van der Waals surface area contributed by atoms with Gasteiger partial charge in [0.15, 0.2) is 12.0 Å². The molecule has 0 saturated carbocycles. The molecule has 3 heteroatoms. The van der Waals surface area contributed by atoms with E-state index in [1.165, 1.54) is 0 Å². The van der Waals surface area contributed by atoms with E-state index in [4.69, 9.17) is 0 Å². The number of fused-ring (bicyclic) bond motifs is 2. The molecule has 2 nitrogen and oxygen atoms in total. The molecule has 0 spiro atoms. The van der Waals surface area contributed by atoms with Crippen LogP contribution in [-0.4, -0.2) is 24.0 Å². The summed E-state index contributed by atoms with van der Waals surface area (Å²) in [6.45, 7) is 0. The molecule has 0 radical (unpaired) electrons. The lowest BCUT2D eigenvalue weighted by Gasteiger charge is -2.22.